The van der Waals surface area contributed by atoms with Gasteiger partial charge in [-0.1, -0.05) is 42.6 Å². The zero-order chi connectivity index (χ0) is 29.4. The summed E-state index contributed by atoms with van der Waals surface area (Å²) < 4.78 is 8.35. The number of likely N-dealkylation sites (tertiary alicyclic amines) is 1. The van der Waals surface area contributed by atoms with Crippen molar-refractivity contribution < 1.29 is 19.1 Å². The molecule has 2 aliphatic heterocycles. The molecule has 3 amide bonds. The van der Waals surface area contributed by atoms with Crippen molar-refractivity contribution in [3.05, 3.63) is 58.2 Å². The minimum atomic E-state index is -0.426. The van der Waals surface area contributed by atoms with Gasteiger partial charge in [0, 0.05) is 68.0 Å². The normalized spacial score (nSPS) is 22.4. The summed E-state index contributed by atoms with van der Waals surface area (Å²) in [7, 11) is 3.55. The first-order chi connectivity index (χ1) is 20.4. The van der Waals surface area contributed by atoms with Crippen LogP contribution in [0.4, 0.5) is 0 Å². The number of nitrogens with one attached hydrogen (secondary N) is 1. The summed E-state index contributed by atoms with van der Waals surface area (Å²) in [6.45, 7) is 1.76. The lowest BCUT2D eigenvalue weighted by Crippen LogP contribution is -2.50. The lowest BCUT2D eigenvalue weighted by Gasteiger charge is -2.43. The van der Waals surface area contributed by atoms with Crippen molar-refractivity contribution in [2.24, 2.45) is 18.9 Å². The molecule has 0 radical (unpaired) electrons. The van der Waals surface area contributed by atoms with Gasteiger partial charge in [0.1, 0.15) is 18.1 Å². The number of halogens is 1. The van der Waals surface area contributed by atoms with Crippen LogP contribution in [0.15, 0.2) is 36.4 Å². The van der Waals surface area contributed by atoms with Crippen molar-refractivity contribution in [2.75, 3.05) is 26.7 Å². The number of carbonyl (C=O) groups is 3. The molecular formula is C32H38ClN5O4. The zero-order valence-corrected chi connectivity index (χ0v) is 25.0. The number of hydrogen-bond donors (Lipinski definition) is 1. The number of para-hydroxylation sites is 1. The Balaban J connectivity index is 1.37. The molecule has 1 N–H and O–H groups in total. The average Bonchev–Trinajstić information content (AvgIpc) is 3.57. The van der Waals surface area contributed by atoms with Crippen molar-refractivity contribution in [2.45, 2.75) is 57.6 Å². The lowest BCUT2D eigenvalue weighted by molar-refractivity contribution is -0.147. The van der Waals surface area contributed by atoms with Crippen molar-refractivity contribution in [3.8, 4) is 5.75 Å². The summed E-state index contributed by atoms with van der Waals surface area (Å²) in [5.41, 5.74) is 3.65. The van der Waals surface area contributed by atoms with Gasteiger partial charge in [-0.05, 0) is 49.4 Å². The Morgan fingerprint density at radius 1 is 1.05 bits per heavy atom. The minimum Gasteiger partial charge on any atom is -0.487 e. The van der Waals surface area contributed by atoms with Crippen molar-refractivity contribution in [3.63, 3.8) is 0 Å². The molecule has 1 aromatic heterocycles. The number of aryl methyl sites for hydroxylation is 1. The highest BCUT2D eigenvalue weighted by molar-refractivity contribution is 6.31. The van der Waals surface area contributed by atoms with E-state index in [1.807, 2.05) is 57.9 Å². The summed E-state index contributed by atoms with van der Waals surface area (Å²) in [4.78, 5) is 43.7. The maximum atomic E-state index is 14.3. The molecule has 2 fully saturated rings. The third kappa shape index (κ3) is 5.23. The molecule has 0 bridgehead atoms. The molecule has 9 nitrogen and oxygen atoms in total. The van der Waals surface area contributed by atoms with Crippen molar-refractivity contribution >= 4 is 40.2 Å². The van der Waals surface area contributed by atoms with Crippen LogP contribution in [-0.4, -0.2) is 64.0 Å². The van der Waals surface area contributed by atoms with Crippen LogP contribution < -0.4 is 10.1 Å². The van der Waals surface area contributed by atoms with Crippen LogP contribution in [0, 0.1) is 11.8 Å². The van der Waals surface area contributed by atoms with E-state index in [0.29, 0.717) is 56.1 Å². The Bertz CT molecular complexity index is 1520. The fourth-order valence-corrected chi connectivity index (χ4v) is 7.40. The number of amides is 3. The van der Waals surface area contributed by atoms with Gasteiger partial charge in [0.25, 0.3) is 0 Å². The minimum absolute atomic E-state index is 0.0211. The average molecular weight is 592 g/mol. The number of aromatic nitrogens is 2. The van der Waals surface area contributed by atoms with E-state index in [9.17, 15) is 14.4 Å². The van der Waals surface area contributed by atoms with E-state index in [2.05, 4.69) is 5.32 Å². The van der Waals surface area contributed by atoms with Gasteiger partial charge in [0.2, 0.25) is 17.7 Å². The molecule has 3 heterocycles. The summed E-state index contributed by atoms with van der Waals surface area (Å²) in [5.74, 6) is -0.0945. The summed E-state index contributed by atoms with van der Waals surface area (Å²) >= 11 is 6.77. The summed E-state index contributed by atoms with van der Waals surface area (Å²) in [5, 5.41) is 9.12. The molecule has 1 saturated carbocycles. The maximum Gasteiger partial charge on any atom is 0.227 e. The van der Waals surface area contributed by atoms with Gasteiger partial charge in [-0.2, -0.15) is 5.10 Å². The standard InChI is InChI=1S/C32H38ClN5O4/c1-34-31(40)20-8-3-4-9-21(20)32(41)38-17-15-22-24(33)13-14-28(30(22)27(38)18-37-16-7-12-29(37)39)42-19-25-23-10-5-6-11-26(23)36(2)35-25/h5-6,10-11,13-14,20-21,27H,3-4,7-9,12,15-19H2,1-2H3,(H,34,40)/t20-,21+,27+/m0/s1. The van der Waals surface area contributed by atoms with E-state index in [4.69, 9.17) is 21.4 Å². The van der Waals surface area contributed by atoms with E-state index in [0.717, 1.165) is 47.0 Å². The number of nitrogens with zero attached hydrogens (tertiary/aromatic N) is 4. The highest BCUT2D eigenvalue weighted by Crippen LogP contribution is 2.43. The van der Waals surface area contributed by atoms with E-state index >= 15 is 0 Å². The fraction of sp³-hybridized carbons (Fsp3) is 0.500. The molecule has 0 spiro atoms. The molecule has 10 heteroatoms. The first kappa shape index (κ1) is 28.5. The fourth-order valence-electron chi connectivity index (χ4n) is 7.15. The number of carbonyl (C=O) groups excluding carboxylic acids is 3. The Morgan fingerprint density at radius 2 is 1.83 bits per heavy atom. The molecule has 42 heavy (non-hydrogen) atoms. The second-order valence-corrected chi connectivity index (χ2v) is 12.1. The predicted octanol–water partition coefficient (Wildman–Crippen LogP) is 4.41. The summed E-state index contributed by atoms with van der Waals surface area (Å²) in [6.07, 6.45) is 5.13. The van der Waals surface area contributed by atoms with Crippen molar-refractivity contribution in [1.29, 1.82) is 0 Å². The number of fused-ring (bicyclic) bond motifs is 2. The lowest BCUT2D eigenvalue weighted by atomic mass is 9.77. The molecule has 2 aromatic carbocycles. The van der Waals surface area contributed by atoms with Crippen molar-refractivity contribution in [1.82, 2.24) is 24.9 Å². The third-order valence-electron chi connectivity index (χ3n) is 9.28. The number of rotatable bonds is 7. The van der Waals surface area contributed by atoms with E-state index in [-0.39, 0.29) is 36.2 Å². The molecular weight excluding hydrogens is 554 g/mol. The Hall–Kier alpha value is -3.59. The molecule has 3 atom stereocenters. The Labute approximate surface area is 251 Å². The van der Waals surface area contributed by atoms with Crippen LogP contribution >= 0.6 is 11.6 Å². The van der Waals surface area contributed by atoms with Gasteiger partial charge >= 0.3 is 0 Å². The molecule has 3 aliphatic rings. The highest BCUT2D eigenvalue weighted by atomic mass is 35.5. The first-order valence-electron chi connectivity index (χ1n) is 15.0. The monoisotopic (exact) mass is 591 g/mol. The van der Waals surface area contributed by atoms with Gasteiger partial charge in [-0.25, -0.2) is 0 Å². The van der Waals surface area contributed by atoms with Crippen LogP contribution in [-0.2, 0) is 34.5 Å². The smallest absolute Gasteiger partial charge is 0.227 e. The van der Waals surface area contributed by atoms with Crippen LogP contribution in [0.2, 0.25) is 5.02 Å². The molecule has 222 valence electrons. The second kappa shape index (κ2) is 12.0. The molecule has 1 aliphatic carbocycles. The second-order valence-electron chi connectivity index (χ2n) is 11.7. The van der Waals surface area contributed by atoms with Gasteiger partial charge in [-0.3, -0.25) is 19.1 Å². The highest BCUT2D eigenvalue weighted by Gasteiger charge is 2.43. The number of ether oxygens (including phenoxy) is 1. The predicted molar refractivity (Wildman–Crippen MR) is 160 cm³/mol. The molecule has 0 unspecified atom stereocenters. The van der Waals surface area contributed by atoms with Crippen LogP contribution in [0.5, 0.6) is 5.75 Å². The molecule has 6 rings (SSSR count). The van der Waals surface area contributed by atoms with E-state index in [1.54, 1.807) is 7.05 Å². The van der Waals surface area contributed by atoms with Crippen LogP contribution in [0.25, 0.3) is 10.9 Å². The third-order valence-corrected chi connectivity index (χ3v) is 9.64. The number of benzene rings is 2. The van der Waals surface area contributed by atoms with Gasteiger partial charge in [0.15, 0.2) is 0 Å². The van der Waals surface area contributed by atoms with Crippen LogP contribution in [0.3, 0.4) is 0 Å². The first-order valence-corrected chi connectivity index (χ1v) is 15.4. The number of hydrogen-bond acceptors (Lipinski definition) is 5. The maximum absolute atomic E-state index is 14.3. The Kier molecular flexibility index (Phi) is 8.12. The van der Waals surface area contributed by atoms with E-state index < -0.39 is 6.04 Å². The van der Waals surface area contributed by atoms with Gasteiger partial charge in [-0.15, -0.1) is 0 Å². The SMILES string of the molecule is CNC(=O)[C@H]1CCCC[C@H]1C(=O)N1CCc2c(Cl)ccc(OCc3nn(C)c4ccccc34)c2[C@H]1CN1CCCC1=O. The Morgan fingerprint density at radius 3 is 2.60 bits per heavy atom. The zero-order valence-electron chi connectivity index (χ0n) is 24.3. The van der Waals surface area contributed by atoms with Gasteiger partial charge in [0.05, 0.1) is 11.6 Å². The largest absolute Gasteiger partial charge is 0.487 e. The molecule has 1 saturated heterocycles. The molecule has 3 aromatic rings. The van der Waals surface area contributed by atoms with Gasteiger partial charge < -0.3 is 19.9 Å². The topological polar surface area (TPSA) is 96.8 Å². The summed E-state index contributed by atoms with van der Waals surface area (Å²) in [6, 6.07) is 11.3. The quantitative estimate of drug-likeness (QED) is 0.439. The van der Waals surface area contributed by atoms with E-state index in [1.165, 1.54) is 0 Å². The van der Waals surface area contributed by atoms with Crippen LogP contribution in [0.1, 0.15) is 61.4 Å².